The second-order valence-corrected chi connectivity index (χ2v) is 6.87. The molecular formula is C22H31ClO3. The van der Waals surface area contributed by atoms with Gasteiger partial charge < -0.3 is 14.2 Å². The summed E-state index contributed by atoms with van der Waals surface area (Å²) in [5.41, 5.74) is 0. The van der Waals surface area contributed by atoms with Gasteiger partial charge in [0, 0.05) is 11.3 Å². The number of hydrogen-bond acceptors (Lipinski definition) is 3. The minimum Gasteiger partial charge on any atom is -0.494 e. The van der Waals surface area contributed by atoms with E-state index >= 15 is 0 Å². The number of rotatable bonds is 13. The van der Waals surface area contributed by atoms with E-state index in [9.17, 15) is 0 Å². The van der Waals surface area contributed by atoms with E-state index in [2.05, 4.69) is 19.1 Å². The van der Waals surface area contributed by atoms with Crippen LogP contribution in [0.2, 0.25) is 0 Å². The quantitative estimate of drug-likeness (QED) is 0.290. The Hall–Kier alpha value is -1.61. The predicted octanol–water partition coefficient (Wildman–Crippen LogP) is 6.60. The highest BCUT2D eigenvalue weighted by molar-refractivity contribution is 6.17. The Labute approximate surface area is 162 Å². The molecule has 0 atom stereocenters. The van der Waals surface area contributed by atoms with Crippen molar-refractivity contribution in [2.45, 2.75) is 51.9 Å². The minimum atomic E-state index is 0.647. The monoisotopic (exact) mass is 378 g/mol. The van der Waals surface area contributed by atoms with Gasteiger partial charge in [-0.15, -0.1) is 11.6 Å². The SMILES string of the molecule is CCCCCCCOc1ccc2c(OC)c(OCCCCCl)ccc2c1. The van der Waals surface area contributed by atoms with Gasteiger partial charge in [0.1, 0.15) is 5.75 Å². The second-order valence-electron chi connectivity index (χ2n) is 6.49. The average molecular weight is 379 g/mol. The fourth-order valence-corrected chi connectivity index (χ4v) is 3.14. The molecule has 0 heterocycles. The van der Waals surface area contributed by atoms with E-state index in [1.807, 2.05) is 18.2 Å². The first kappa shape index (κ1) is 20.7. The number of hydrogen-bond donors (Lipinski definition) is 0. The van der Waals surface area contributed by atoms with Crippen LogP contribution < -0.4 is 14.2 Å². The average Bonchev–Trinajstić information content (AvgIpc) is 2.67. The van der Waals surface area contributed by atoms with Crippen LogP contribution in [-0.2, 0) is 0 Å². The van der Waals surface area contributed by atoms with Crippen molar-refractivity contribution >= 4 is 22.4 Å². The number of methoxy groups -OCH3 is 1. The molecule has 0 unspecified atom stereocenters. The van der Waals surface area contributed by atoms with Crippen LogP contribution >= 0.6 is 11.6 Å². The van der Waals surface area contributed by atoms with Crippen LogP contribution in [0.3, 0.4) is 0 Å². The van der Waals surface area contributed by atoms with Crippen molar-refractivity contribution < 1.29 is 14.2 Å². The molecule has 0 N–H and O–H groups in total. The molecule has 2 rings (SSSR count). The van der Waals surface area contributed by atoms with Crippen molar-refractivity contribution in [3.8, 4) is 17.2 Å². The van der Waals surface area contributed by atoms with Crippen molar-refractivity contribution in [3.05, 3.63) is 30.3 Å². The van der Waals surface area contributed by atoms with Gasteiger partial charge in [-0.2, -0.15) is 0 Å². The molecule has 0 aliphatic carbocycles. The Morgan fingerprint density at radius 1 is 0.846 bits per heavy atom. The number of ether oxygens (including phenoxy) is 3. The largest absolute Gasteiger partial charge is 0.494 e. The van der Waals surface area contributed by atoms with Crippen molar-refractivity contribution in [1.29, 1.82) is 0 Å². The summed E-state index contributed by atoms with van der Waals surface area (Å²) < 4.78 is 17.4. The molecule has 0 saturated carbocycles. The molecule has 0 fully saturated rings. The molecule has 0 aliphatic heterocycles. The Bertz CT molecular complexity index is 657. The number of halogens is 1. The van der Waals surface area contributed by atoms with Crippen LogP contribution in [0.25, 0.3) is 10.8 Å². The molecular weight excluding hydrogens is 348 g/mol. The molecule has 26 heavy (non-hydrogen) atoms. The van der Waals surface area contributed by atoms with Crippen molar-refractivity contribution in [2.75, 3.05) is 26.2 Å². The van der Waals surface area contributed by atoms with Gasteiger partial charge in [0.05, 0.1) is 20.3 Å². The normalized spacial score (nSPS) is 10.9. The topological polar surface area (TPSA) is 27.7 Å². The molecule has 0 saturated heterocycles. The van der Waals surface area contributed by atoms with Crippen LogP contribution in [-0.4, -0.2) is 26.2 Å². The molecule has 0 bridgehead atoms. The standard InChI is InChI=1S/C22H31ClO3/c1-3-4-5-6-8-15-25-19-11-12-20-18(17-19)10-13-21(22(20)24-2)26-16-9-7-14-23/h10-13,17H,3-9,14-16H2,1-2H3. The van der Waals surface area contributed by atoms with Gasteiger partial charge in [0.25, 0.3) is 0 Å². The summed E-state index contributed by atoms with van der Waals surface area (Å²) in [4.78, 5) is 0. The highest BCUT2D eigenvalue weighted by Gasteiger charge is 2.10. The van der Waals surface area contributed by atoms with E-state index in [0.29, 0.717) is 12.5 Å². The Kier molecular flexibility index (Phi) is 9.47. The number of benzene rings is 2. The van der Waals surface area contributed by atoms with Gasteiger partial charge in [-0.3, -0.25) is 0 Å². The number of fused-ring (bicyclic) bond motifs is 1. The molecule has 2 aromatic rings. The highest BCUT2D eigenvalue weighted by atomic mass is 35.5. The maximum atomic E-state index is 5.91. The Morgan fingerprint density at radius 3 is 2.38 bits per heavy atom. The summed E-state index contributed by atoms with van der Waals surface area (Å²) in [6.45, 7) is 3.65. The molecule has 144 valence electrons. The first-order valence-corrected chi connectivity index (χ1v) is 10.3. The number of alkyl halides is 1. The fourth-order valence-electron chi connectivity index (χ4n) is 2.95. The minimum absolute atomic E-state index is 0.647. The summed E-state index contributed by atoms with van der Waals surface area (Å²) in [6.07, 6.45) is 8.11. The third-order valence-corrected chi connectivity index (χ3v) is 4.68. The maximum Gasteiger partial charge on any atom is 0.168 e. The summed E-state index contributed by atoms with van der Waals surface area (Å²) >= 11 is 5.71. The highest BCUT2D eigenvalue weighted by Crippen LogP contribution is 2.37. The number of unbranched alkanes of at least 4 members (excludes halogenated alkanes) is 5. The van der Waals surface area contributed by atoms with E-state index in [0.717, 1.165) is 53.9 Å². The van der Waals surface area contributed by atoms with Gasteiger partial charge in [-0.25, -0.2) is 0 Å². The van der Waals surface area contributed by atoms with Crippen LogP contribution in [0.15, 0.2) is 30.3 Å². The second kappa shape index (κ2) is 11.9. The van der Waals surface area contributed by atoms with Gasteiger partial charge in [-0.05, 0) is 48.9 Å². The zero-order valence-corrected chi connectivity index (χ0v) is 16.8. The van der Waals surface area contributed by atoms with Crippen molar-refractivity contribution in [2.24, 2.45) is 0 Å². The van der Waals surface area contributed by atoms with E-state index in [1.54, 1.807) is 7.11 Å². The summed E-state index contributed by atoms with van der Waals surface area (Å²) in [7, 11) is 1.68. The van der Waals surface area contributed by atoms with E-state index in [-0.39, 0.29) is 0 Å². The molecule has 0 amide bonds. The first-order chi connectivity index (χ1) is 12.8. The van der Waals surface area contributed by atoms with E-state index in [4.69, 9.17) is 25.8 Å². The van der Waals surface area contributed by atoms with Crippen LogP contribution in [0.1, 0.15) is 51.9 Å². The zero-order valence-electron chi connectivity index (χ0n) is 16.1. The molecule has 0 aliphatic rings. The molecule has 2 aromatic carbocycles. The van der Waals surface area contributed by atoms with E-state index in [1.165, 1.54) is 25.7 Å². The van der Waals surface area contributed by atoms with Crippen molar-refractivity contribution in [1.82, 2.24) is 0 Å². The van der Waals surface area contributed by atoms with Gasteiger partial charge in [0.2, 0.25) is 0 Å². The third-order valence-electron chi connectivity index (χ3n) is 4.41. The molecule has 0 spiro atoms. The summed E-state index contributed by atoms with van der Waals surface area (Å²) in [5, 5.41) is 2.14. The summed E-state index contributed by atoms with van der Waals surface area (Å²) in [5.74, 6) is 3.13. The summed E-state index contributed by atoms with van der Waals surface area (Å²) in [6, 6.07) is 10.2. The molecule has 0 radical (unpaired) electrons. The lowest BCUT2D eigenvalue weighted by atomic mass is 10.1. The van der Waals surface area contributed by atoms with Gasteiger partial charge >= 0.3 is 0 Å². The van der Waals surface area contributed by atoms with E-state index < -0.39 is 0 Å². The van der Waals surface area contributed by atoms with Crippen LogP contribution in [0, 0.1) is 0 Å². The lowest BCUT2D eigenvalue weighted by Crippen LogP contribution is -2.00. The molecule has 0 aromatic heterocycles. The maximum absolute atomic E-state index is 5.91. The first-order valence-electron chi connectivity index (χ1n) is 9.72. The predicted molar refractivity (Wildman–Crippen MR) is 110 cm³/mol. The van der Waals surface area contributed by atoms with Gasteiger partial charge in [-0.1, -0.05) is 38.7 Å². The Balaban J connectivity index is 1.98. The lowest BCUT2D eigenvalue weighted by Gasteiger charge is -2.14. The zero-order chi connectivity index (χ0) is 18.6. The lowest BCUT2D eigenvalue weighted by molar-refractivity contribution is 0.290. The Morgan fingerprint density at radius 2 is 1.62 bits per heavy atom. The van der Waals surface area contributed by atoms with Crippen LogP contribution in [0.4, 0.5) is 0 Å². The molecule has 3 nitrogen and oxygen atoms in total. The molecule has 4 heteroatoms. The van der Waals surface area contributed by atoms with Crippen LogP contribution in [0.5, 0.6) is 17.2 Å². The van der Waals surface area contributed by atoms with Gasteiger partial charge in [0.15, 0.2) is 11.5 Å². The fraction of sp³-hybridized carbons (Fsp3) is 0.545. The third kappa shape index (κ3) is 6.28. The smallest absolute Gasteiger partial charge is 0.168 e. The van der Waals surface area contributed by atoms with Crippen molar-refractivity contribution in [3.63, 3.8) is 0 Å².